The van der Waals surface area contributed by atoms with Crippen molar-refractivity contribution < 1.29 is 19.5 Å². The molecule has 2 N–H and O–H groups in total. The molecule has 0 radical (unpaired) electrons. The van der Waals surface area contributed by atoms with Crippen LogP contribution in [-0.4, -0.2) is 16.9 Å². The third-order valence-corrected chi connectivity index (χ3v) is 3.23. The maximum Gasteiger partial charge on any atom is 0.274 e. The molecular weight excluding hydrogens is 258 g/mol. The molecular formula is C15H11NO4. The second-order valence-electron chi connectivity index (χ2n) is 4.43. The first kappa shape index (κ1) is 12.4. The second kappa shape index (κ2) is 4.79. The molecule has 0 spiro atoms. The van der Waals surface area contributed by atoms with Gasteiger partial charge in [0.25, 0.3) is 5.91 Å². The van der Waals surface area contributed by atoms with Crippen LogP contribution < -0.4 is 10.2 Å². The van der Waals surface area contributed by atoms with Gasteiger partial charge < -0.3 is 4.74 Å². The van der Waals surface area contributed by atoms with Crippen LogP contribution in [0.3, 0.4) is 0 Å². The zero-order valence-electron chi connectivity index (χ0n) is 10.4. The molecule has 0 saturated carbocycles. The summed E-state index contributed by atoms with van der Waals surface area (Å²) in [5.74, 6) is -0.431. The molecule has 20 heavy (non-hydrogen) atoms. The predicted octanol–water partition coefficient (Wildman–Crippen LogP) is 1.93. The van der Waals surface area contributed by atoms with Crippen molar-refractivity contribution >= 4 is 11.7 Å². The van der Waals surface area contributed by atoms with Gasteiger partial charge in [0.05, 0.1) is 5.56 Å². The smallest absolute Gasteiger partial charge is 0.274 e. The van der Waals surface area contributed by atoms with Gasteiger partial charge in [0.15, 0.2) is 5.78 Å². The van der Waals surface area contributed by atoms with Crippen molar-refractivity contribution in [1.82, 2.24) is 5.48 Å². The summed E-state index contributed by atoms with van der Waals surface area (Å²) in [4.78, 5) is 23.9. The molecule has 1 aliphatic rings. The summed E-state index contributed by atoms with van der Waals surface area (Å²) in [7, 11) is 0. The number of rotatable bonds is 1. The van der Waals surface area contributed by atoms with E-state index in [1.165, 1.54) is 12.1 Å². The Morgan fingerprint density at radius 2 is 1.95 bits per heavy atom. The quantitative estimate of drug-likeness (QED) is 0.612. The first-order valence-electron chi connectivity index (χ1n) is 6.04. The number of hydrogen-bond acceptors (Lipinski definition) is 4. The summed E-state index contributed by atoms with van der Waals surface area (Å²) in [5, 5.41) is 8.66. The highest BCUT2D eigenvalue weighted by Crippen LogP contribution is 2.29. The van der Waals surface area contributed by atoms with Crippen molar-refractivity contribution in [3.8, 4) is 5.75 Å². The fraction of sp³-hybridized carbons (Fsp3) is 0.0667. The normalized spacial score (nSPS) is 12.8. The molecule has 0 fully saturated rings. The third kappa shape index (κ3) is 1.94. The number of hydroxylamine groups is 1. The topological polar surface area (TPSA) is 75.6 Å². The van der Waals surface area contributed by atoms with E-state index in [-0.39, 0.29) is 11.3 Å². The highest BCUT2D eigenvalue weighted by Gasteiger charge is 2.23. The van der Waals surface area contributed by atoms with E-state index in [9.17, 15) is 9.59 Å². The van der Waals surface area contributed by atoms with Crippen LogP contribution in [0.25, 0.3) is 0 Å². The number of ketones is 1. The lowest BCUT2D eigenvalue weighted by Gasteiger charge is -2.07. The molecule has 0 aliphatic carbocycles. The van der Waals surface area contributed by atoms with E-state index in [0.29, 0.717) is 23.5 Å². The molecule has 2 aromatic carbocycles. The van der Waals surface area contributed by atoms with Crippen LogP contribution in [0.15, 0.2) is 42.5 Å². The highest BCUT2D eigenvalue weighted by molar-refractivity contribution is 6.13. The Balaban J connectivity index is 2.13. The van der Waals surface area contributed by atoms with E-state index in [1.54, 1.807) is 23.7 Å². The van der Waals surface area contributed by atoms with Gasteiger partial charge in [-0.15, -0.1) is 0 Å². The van der Waals surface area contributed by atoms with Gasteiger partial charge in [-0.25, -0.2) is 5.48 Å². The van der Waals surface area contributed by atoms with Crippen molar-refractivity contribution in [3.05, 3.63) is 64.7 Å². The van der Waals surface area contributed by atoms with Crippen LogP contribution >= 0.6 is 0 Å². The highest BCUT2D eigenvalue weighted by atomic mass is 16.5. The number of amides is 1. The minimum Gasteiger partial charge on any atom is -0.488 e. The molecule has 1 heterocycles. The van der Waals surface area contributed by atoms with Gasteiger partial charge in [0.2, 0.25) is 0 Å². The van der Waals surface area contributed by atoms with E-state index in [1.807, 2.05) is 12.1 Å². The molecule has 5 heteroatoms. The van der Waals surface area contributed by atoms with Gasteiger partial charge in [-0.05, 0) is 18.2 Å². The molecule has 1 amide bonds. The number of hydrogen-bond donors (Lipinski definition) is 2. The number of carbonyl (C=O) groups is 2. The van der Waals surface area contributed by atoms with Crippen molar-refractivity contribution in [2.24, 2.45) is 0 Å². The largest absolute Gasteiger partial charge is 0.488 e. The minimum absolute atomic E-state index is 0.194. The van der Waals surface area contributed by atoms with E-state index in [2.05, 4.69) is 0 Å². The number of nitrogens with one attached hydrogen (secondary N) is 1. The van der Waals surface area contributed by atoms with Gasteiger partial charge >= 0.3 is 0 Å². The van der Waals surface area contributed by atoms with Crippen molar-refractivity contribution in [1.29, 1.82) is 0 Å². The maximum absolute atomic E-state index is 12.5. The fourth-order valence-electron chi connectivity index (χ4n) is 2.21. The monoisotopic (exact) mass is 269 g/mol. The summed E-state index contributed by atoms with van der Waals surface area (Å²) in [5.41, 5.74) is 3.43. The molecule has 0 atom stereocenters. The first-order valence-corrected chi connectivity index (χ1v) is 6.04. The molecule has 5 nitrogen and oxygen atoms in total. The summed E-state index contributed by atoms with van der Waals surface area (Å²) in [6.07, 6.45) is 0. The van der Waals surface area contributed by atoms with Crippen molar-refractivity contribution in [3.63, 3.8) is 0 Å². The van der Waals surface area contributed by atoms with Crippen LogP contribution in [0.5, 0.6) is 5.75 Å². The van der Waals surface area contributed by atoms with Gasteiger partial charge in [0, 0.05) is 16.7 Å². The molecule has 0 aromatic heterocycles. The average molecular weight is 269 g/mol. The Bertz CT molecular complexity index is 709. The second-order valence-corrected chi connectivity index (χ2v) is 4.43. The molecule has 0 bridgehead atoms. The van der Waals surface area contributed by atoms with Crippen LogP contribution in [0.2, 0.25) is 0 Å². The summed E-state index contributed by atoms with van der Waals surface area (Å²) < 4.78 is 5.60. The van der Waals surface area contributed by atoms with E-state index in [4.69, 9.17) is 9.94 Å². The SMILES string of the molecule is O=C(NO)c1ccc2c(c1)C(=O)c1ccccc1CO2. The first-order chi connectivity index (χ1) is 9.70. The zero-order chi connectivity index (χ0) is 14.1. The Morgan fingerprint density at radius 1 is 1.15 bits per heavy atom. The molecule has 3 rings (SSSR count). The van der Waals surface area contributed by atoms with Crippen LogP contribution in [0.1, 0.15) is 31.8 Å². The van der Waals surface area contributed by atoms with Crippen molar-refractivity contribution in [2.75, 3.05) is 0 Å². The molecule has 0 unspecified atom stereocenters. The third-order valence-electron chi connectivity index (χ3n) is 3.23. The molecule has 100 valence electrons. The average Bonchev–Trinajstić information content (AvgIpc) is 2.64. The van der Waals surface area contributed by atoms with Crippen LogP contribution in [0, 0.1) is 0 Å². The predicted molar refractivity (Wildman–Crippen MR) is 69.9 cm³/mol. The Labute approximate surface area is 114 Å². The Morgan fingerprint density at radius 3 is 2.75 bits per heavy atom. The Hall–Kier alpha value is -2.66. The number of carbonyl (C=O) groups excluding carboxylic acids is 2. The number of benzene rings is 2. The van der Waals surface area contributed by atoms with Gasteiger partial charge in [-0.1, -0.05) is 24.3 Å². The maximum atomic E-state index is 12.5. The summed E-state index contributed by atoms with van der Waals surface area (Å²) in [6, 6.07) is 11.7. The van der Waals surface area contributed by atoms with E-state index < -0.39 is 5.91 Å². The van der Waals surface area contributed by atoms with Crippen molar-refractivity contribution in [2.45, 2.75) is 6.61 Å². The van der Waals surface area contributed by atoms with Gasteiger partial charge in [-0.2, -0.15) is 0 Å². The fourth-order valence-corrected chi connectivity index (χ4v) is 2.21. The van der Waals surface area contributed by atoms with E-state index >= 15 is 0 Å². The van der Waals surface area contributed by atoms with E-state index in [0.717, 1.165) is 5.56 Å². The lowest BCUT2D eigenvalue weighted by atomic mass is 9.98. The standard InChI is InChI=1S/C15H11NO4/c17-14-11-4-2-1-3-10(11)8-20-13-6-5-9(7-12(13)14)15(18)16-19/h1-7,19H,8H2,(H,16,18). The zero-order valence-corrected chi connectivity index (χ0v) is 10.4. The lowest BCUT2D eigenvalue weighted by Crippen LogP contribution is -2.19. The van der Waals surface area contributed by atoms with Gasteiger partial charge in [0.1, 0.15) is 12.4 Å². The Kier molecular flexibility index (Phi) is 2.96. The van der Waals surface area contributed by atoms with Gasteiger partial charge in [-0.3, -0.25) is 14.8 Å². The molecule has 0 saturated heterocycles. The minimum atomic E-state index is -0.668. The lowest BCUT2D eigenvalue weighted by molar-refractivity contribution is 0.0706. The summed E-state index contributed by atoms with van der Waals surface area (Å²) >= 11 is 0. The molecule has 1 aliphatic heterocycles. The van der Waals surface area contributed by atoms with Crippen LogP contribution in [-0.2, 0) is 6.61 Å². The summed E-state index contributed by atoms with van der Waals surface area (Å²) in [6.45, 7) is 0.306. The molecule has 2 aromatic rings. The number of fused-ring (bicyclic) bond motifs is 2. The van der Waals surface area contributed by atoms with Crippen LogP contribution in [0.4, 0.5) is 0 Å². The number of ether oxygens (including phenoxy) is 1.